The summed E-state index contributed by atoms with van der Waals surface area (Å²) in [6.45, 7) is 14.4. The Morgan fingerprint density at radius 2 is 1.50 bits per heavy atom. The van der Waals surface area contributed by atoms with Crippen molar-refractivity contribution in [1.82, 2.24) is 0 Å². The van der Waals surface area contributed by atoms with Gasteiger partial charge < -0.3 is 0 Å². The molecule has 0 N–H and O–H groups in total. The summed E-state index contributed by atoms with van der Waals surface area (Å²) in [6, 6.07) is 0. The maximum Gasteiger partial charge on any atom is -0.0326 e. The lowest BCUT2D eigenvalue weighted by molar-refractivity contribution is 0.122. The lowest BCUT2D eigenvalue weighted by Crippen LogP contribution is -2.29. The molecule has 0 saturated carbocycles. The predicted molar refractivity (Wildman–Crippen MR) is 75.8 cm³/mol. The van der Waals surface area contributed by atoms with E-state index in [0.717, 1.165) is 11.8 Å². The van der Waals surface area contributed by atoms with E-state index in [1.54, 1.807) is 0 Å². The number of rotatable bonds is 9. The standard InChI is InChI=1S/C16H34/c1-7-10-11-13-14(4)15(12-8-2)16(5,6)9-3/h14-15H,7-13H2,1-6H3. The largest absolute Gasteiger partial charge is 0.0654 e. The maximum absolute atomic E-state index is 2.48. The fourth-order valence-corrected chi connectivity index (χ4v) is 2.94. The van der Waals surface area contributed by atoms with E-state index in [4.69, 9.17) is 0 Å². The van der Waals surface area contributed by atoms with Crippen LogP contribution in [0.5, 0.6) is 0 Å². The molecular weight excluding hydrogens is 192 g/mol. The molecule has 0 radical (unpaired) electrons. The van der Waals surface area contributed by atoms with Gasteiger partial charge in [0, 0.05) is 0 Å². The van der Waals surface area contributed by atoms with E-state index in [2.05, 4.69) is 41.5 Å². The molecule has 98 valence electrons. The minimum Gasteiger partial charge on any atom is -0.0654 e. The Labute approximate surface area is 104 Å². The van der Waals surface area contributed by atoms with Gasteiger partial charge in [0.1, 0.15) is 0 Å². The highest BCUT2D eigenvalue weighted by molar-refractivity contribution is 4.80. The average Bonchev–Trinajstić information content (AvgIpc) is 2.25. The molecule has 0 spiro atoms. The molecule has 0 fully saturated rings. The van der Waals surface area contributed by atoms with E-state index in [-0.39, 0.29) is 0 Å². The molecule has 0 aromatic heterocycles. The van der Waals surface area contributed by atoms with Gasteiger partial charge in [-0.2, -0.15) is 0 Å². The zero-order valence-corrected chi connectivity index (χ0v) is 12.6. The van der Waals surface area contributed by atoms with Crippen molar-refractivity contribution in [3.05, 3.63) is 0 Å². The molecule has 2 unspecified atom stereocenters. The molecule has 0 amide bonds. The van der Waals surface area contributed by atoms with Gasteiger partial charge in [-0.05, 0) is 23.7 Å². The van der Waals surface area contributed by atoms with Gasteiger partial charge in [0.2, 0.25) is 0 Å². The predicted octanol–water partition coefficient (Wildman–Crippen LogP) is 6.06. The van der Waals surface area contributed by atoms with E-state index >= 15 is 0 Å². The SMILES string of the molecule is CCCCCC(C)C(CCC)C(C)(C)CC. The molecule has 0 bridgehead atoms. The van der Waals surface area contributed by atoms with Crippen molar-refractivity contribution in [2.45, 2.75) is 86.5 Å². The van der Waals surface area contributed by atoms with Crippen molar-refractivity contribution in [1.29, 1.82) is 0 Å². The monoisotopic (exact) mass is 226 g/mol. The van der Waals surface area contributed by atoms with Crippen LogP contribution in [0.1, 0.15) is 86.5 Å². The van der Waals surface area contributed by atoms with Crippen molar-refractivity contribution in [2.24, 2.45) is 17.3 Å². The van der Waals surface area contributed by atoms with Gasteiger partial charge in [0.05, 0.1) is 0 Å². The molecule has 0 nitrogen and oxygen atoms in total. The fraction of sp³-hybridized carbons (Fsp3) is 1.00. The minimum atomic E-state index is 0.529. The van der Waals surface area contributed by atoms with Crippen molar-refractivity contribution >= 4 is 0 Å². The smallest absolute Gasteiger partial charge is 0.0326 e. The summed E-state index contributed by atoms with van der Waals surface area (Å²) in [5.74, 6) is 1.82. The molecule has 0 heterocycles. The Morgan fingerprint density at radius 1 is 0.875 bits per heavy atom. The molecule has 0 saturated heterocycles. The van der Waals surface area contributed by atoms with E-state index in [0.29, 0.717) is 5.41 Å². The Morgan fingerprint density at radius 3 is 1.94 bits per heavy atom. The molecule has 0 aromatic carbocycles. The lowest BCUT2D eigenvalue weighted by Gasteiger charge is -2.38. The van der Waals surface area contributed by atoms with Crippen LogP contribution >= 0.6 is 0 Å². The van der Waals surface area contributed by atoms with Crippen LogP contribution in [0.15, 0.2) is 0 Å². The molecule has 0 rings (SSSR count). The Balaban J connectivity index is 4.28. The van der Waals surface area contributed by atoms with E-state index in [1.807, 2.05) is 0 Å². The first kappa shape index (κ1) is 16.0. The van der Waals surface area contributed by atoms with Crippen LogP contribution in [0, 0.1) is 17.3 Å². The van der Waals surface area contributed by atoms with Crippen LogP contribution in [-0.2, 0) is 0 Å². The lowest BCUT2D eigenvalue weighted by atomic mass is 9.68. The Bertz CT molecular complexity index is 157. The zero-order valence-electron chi connectivity index (χ0n) is 12.6. The number of unbranched alkanes of at least 4 members (excludes halogenated alkanes) is 2. The Hall–Kier alpha value is 0. The number of hydrogen-bond donors (Lipinski definition) is 0. The van der Waals surface area contributed by atoms with Gasteiger partial charge in [-0.25, -0.2) is 0 Å². The molecule has 2 atom stereocenters. The summed E-state index contributed by atoms with van der Waals surface area (Å²) in [4.78, 5) is 0. The van der Waals surface area contributed by atoms with Gasteiger partial charge in [-0.15, -0.1) is 0 Å². The van der Waals surface area contributed by atoms with Gasteiger partial charge in [0.15, 0.2) is 0 Å². The third kappa shape index (κ3) is 5.37. The first-order chi connectivity index (χ1) is 7.49. The highest BCUT2D eigenvalue weighted by Crippen LogP contribution is 2.40. The summed E-state index contributed by atoms with van der Waals surface area (Å²) in [5.41, 5.74) is 0.529. The quantitative estimate of drug-likeness (QED) is 0.419. The van der Waals surface area contributed by atoms with Gasteiger partial charge >= 0.3 is 0 Å². The summed E-state index contributed by atoms with van der Waals surface area (Å²) in [6.07, 6.45) is 9.69. The fourth-order valence-electron chi connectivity index (χ4n) is 2.94. The van der Waals surface area contributed by atoms with Crippen molar-refractivity contribution in [3.63, 3.8) is 0 Å². The van der Waals surface area contributed by atoms with E-state index in [9.17, 15) is 0 Å². The maximum atomic E-state index is 2.48. The van der Waals surface area contributed by atoms with Crippen LogP contribution in [0.4, 0.5) is 0 Å². The highest BCUT2D eigenvalue weighted by Gasteiger charge is 2.30. The second kappa shape index (κ2) is 8.14. The minimum absolute atomic E-state index is 0.529. The zero-order chi connectivity index (χ0) is 12.6. The van der Waals surface area contributed by atoms with Gasteiger partial charge in [0.25, 0.3) is 0 Å². The second-order valence-corrected chi connectivity index (χ2v) is 6.21. The van der Waals surface area contributed by atoms with Crippen LogP contribution in [0.25, 0.3) is 0 Å². The van der Waals surface area contributed by atoms with Gasteiger partial charge in [-0.1, -0.05) is 80.1 Å². The van der Waals surface area contributed by atoms with Crippen LogP contribution in [-0.4, -0.2) is 0 Å². The van der Waals surface area contributed by atoms with Crippen LogP contribution < -0.4 is 0 Å². The summed E-state index contributed by atoms with van der Waals surface area (Å²) in [7, 11) is 0. The van der Waals surface area contributed by atoms with Crippen molar-refractivity contribution < 1.29 is 0 Å². The molecule has 0 heteroatoms. The van der Waals surface area contributed by atoms with Crippen molar-refractivity contribution in [3.8, 4) is 0 Å². The van der Waals surface area contributed by atoms with Crippen molar-refractivity contribution in [2.75, 3.05) is 0 Å². The average molecular weight is 226 g/mol. The summed E-state index contributed by atoms with van der Waals surface area (Å²) < 4.78 is 0. The van der Waals surface area contributed by atoms with E-state index < -0.39 is 0 Å². The normalized spacial score (nSPS) is 16.1. The third-order valence-corrected chi connectivity index (χ3v) is 4.46. The van der Waals surface area contributed by atoms with Crippen LogP contribution in [0.2, 0.25) is 0 Å². The first-order valence-corrected chi connectivity index (χ1v) is 7.49. The second-order valence-electron chi connectivity index (χ2n) is 6.21. The summed E-state index contributed by atoms with van der Waals surface area (Å²) >= 11 is 0. The van der Waals surface area contributed by atoms with Gasteiger partial charge in [-0.3, -0.25) is 0 Å². The van der Waals surface area contributed by atoms with E-state index in [1.165, 1.54) is 44.9 Å². The Kier molecular flexibility index (Phi) is 8.14. The van der Waals surface area contributed by atoms with Crippen LogP contribution in [0.3, 0.4) is 0 Å². The third-order valence-electron chi connectivity index (χ3n) is 4.46. The molecule has 0 aromatic rings. The molecular formula is C16H34. The molecule has 0 aliphatic rings. The molecule has 0 aliphatic carbocycles. The molecule has 0 aliphatic heterocycles. The number of hydrogen-bond acceptors (Lipinski definition) is 0. The highest BCUT2D eigenvalue weighted by atomic mass is 14.4. The molecule has 16 heavy (non-hydrogen) atoms. The first-order valence-electron chi connectivity index (χ1n) is 7.49. The summed E-state index contributed by atoms with van der Waals surface area (Å²) in [5, 5.41) is 0. The topological polar surface area (TPSA) is 0 Å².